The van der Waals surface area contributed by atoms with Crippen LogP contribution < -0.4 is 5.32 Å². The second-order valence-electron chi connectivity index (χ2n) is 16.5. The van der Waals surface area contributed by atoms with Crippen LogP contribution in [0.3, 0.4) is 0 Å². The van der Waals surface area contributed by atoms with Gasteiger partial charge in [0.25, 0.3) is 0 Å². The molecule has 2 atom stereocenters. The van der Waals surface area contributed by atoms with E-state index in [9.17, 15) is 15.0 Å². The van der Waals surface area contributed by atoms with Gasteiger partial charge in [-0.3, -0.25) is 4.79 Å². The molecule has 0 heterocycles. The fourth-order valence-corrected chi connectivity index (χ4v) is 7.49. The molecular formula is C49H95NO3. The third-order valence-electron chi connectivity index (χ3n) is 11.2. The largest absolute Gasteiger partial charge is 0.394 e. The highest BCUT2D eigenvalue weighted by Gasteiger charge is 2.17. The Bertz CT molecular complexity index is 765. The molecule has 0 spiro atoms. The number of rotatable bonds is 44. The first kappa shape index (κ1) is 51.9. The van der Waals surface area contributed by atoms with Crippen LogP contribution in [0.2, 0.25) is 0 Å². The monoisotopic (exact) mass is 746 g/mol. The zero-order valence-electron chi connectivity index (χ0n) is 36.1. The van der Waals surface area contributed by atoms with Gasteiger partial charge in [-0.25, -0.2) is 0 Å². The molecule has 0 fully saturated rings. The van der Waals surface area contributed by atoms with Gasteiger partial charge in [0.1, 0.15) is 0 Å². The third kappa shape index (κ3) is 41.9. The minimum Gasteiger partial charge on any atom is -0.394 e. The number of aliphatic hydroxyl groups is 2. The zero-order valence-corrected chi connectivity index (χ0v) is 36.1. The number of carbonyl (C=O) groups is 1. The summed E-state index contributed by atoms with van der Waals surface area (Å²) in [5.74, 6) is -0.0755. The fourth-order valence-electron chi connectivity index (χ4n) is 7.49. The average molecular weight is 746 g/mol. The molecule has 314 valence electrons. The Labute approximate surface area is 332 Å². The summed E-state index contributed by atoms with van der Waals surface area (Å²) in [7, 11) is 0. The number of aliphatic hydroxyl groups excluding tert-OH is 2. The normalized spacial score (nSPS) is 13.1. The Morgan fingerprint density at radius 2 is 0.736 bits per heavy atom. The topological polar surface area (TPSA) is 69.6 Å². The summed E-state index contributed by atoms with van der Waals surface area (Å²) in [5, 5.41) is 22.9. The quantitative estimate of drug-likeness (QED) is 0.0430. The summed E-state index contributed by atoms with van der Waals surface area (Å²) >= 11 is 0. The van der Waals surface area contributed by atoms with E-state index >= 15 is 0 Å². The highest BCUT2D eigenvalue weighted by molar-refractivity contribution is 5.76. The average Bonchev–Trinajstić information content (AvgIpc) is 3.16. The molecular weight excluding hydrogens is 651 g/mol. The van der Waals surface area contributed by atoms with Gasteiger partial charge in [0.05, 0.1) is 18.8 Å². The standard InChI is InChI=1S/C49H95NO3/c1-3-5-7-9-11-13-14-15-16-17-18-19-20-21-22-23-24-25-26-27-28-29-30-31-32-33-34-35-37-38-40-42-44-48(52)47(46-51)50-49(53)45-43-41-39-36-12-10-8-6-4-2/h35,37,42,44,47-48,51-52H,3-34,36,38-41,43,45-46H2,1-2H3,(H,50,53)/b37-35+,44-42+. The van der Waals surface area contributed by atoms with Crippen molar-refractivity contribution < 1.29 is 15.0 Å². The van der Waals surface area contributed by atoms with E-state index in [4.69, 9.17) is 0 Å². The summed E-state index contributed by atoms with van der Waals surface area (Å²) in [6, 6.07) is -0.633. The lowest BCUT2D eigenvalue weighted by Gasteiger charge is -2.19. The summed E-state index contributed by atoms with van der Waals surface area (Å²) in [5.41, 5.74) is 0. The van der Waals surface area contributed by atoms with Crippen molar-refractivity contribution in [2.45, 2.75) is 276 Å². The van der Waals surface area contributed by atoms with Crippen LogP contribution >= 0.6 is 0 Å². The number of unbranched alkanes of at least 4 members (excludes halogenated alkanes) is 35. The first-order valence-electron chi connectivity index (χ1n) is 24.1. The molecule has 2 unspecified atom stereocenters. The van der Waals surface area contributed by atoms with Gasteiger partial charge in [-0.15, -0.1) is 0 Å². The van der Waals surface area contributed by atoms with E-state index in [1.165, 1.54) is 212 Å². The van der Waals surface area contributed by atoms with Crippen LogP contribution in [-0.4, -0.2) is 34.9 Å². The molecule has 4 heteroatoms. The van der Waals surface area contributed by atoms with Gasteiger partial charge >= 0.3 is 0 Å². The van der Waals surface area contributed by atoms with Crippen LogP contribution in [0.1, 0.15) is 264 Å². The predicted molar refractivity (Wildman–Crippen MR) is 235 cm³/mol. The lowest BCUT2D eigenvalue weighted by atomic mass is 10.0. The van der Waals surface area contributed by atoms with E-state index in [-0.39, 0.29) is 12.5 Å². The Morgan fingerprint density at radius 3 is 1.09 bits per heavy atom. The summed E-state index contributed by atoms with van der Waals surface area (Å²) in [6.07, 6.45) is 59.1. The van der Waals surface area contributed by atoms with Crippen LogP contribution in [0.5, 0.6) is 0 Å². The third-order valence-corrected chi connectivity index (χ3v) is 11.2. The second-order valence-corrected chi connectivity index (χ2v) is 16.5. The van der Waals surface area contributed by atoms with Gasteiger partial charge in [0, 0.05) is 6.42 Å². The van der Waals surface area contributed by atoms with Crippen LogP contribution in [0, 0.1) is 0 Å². The second kappa shape index (κ2) is 45.3. The van der Waals surface area contributed by atoms with Crippen LogP contribution in [0.15, 0.2) is 24.3 Å². The van der Waals surface area contributed by atoms with Crippen molar-refractivity contribution in [2.24, 2.45) is 0 Å². The molecule has 0 aliphatic carbocycles. The maximum Gasteiger partial charge on any atom is 0.220 e. The molecule has 1 amide bonds. The molecule has 0 aliphatic heterocycles. The Hall–Kier alpha value is -1.13. The van der Waals surface area contributed by atoms with Crippen molar-refractivity contribution in [1.82, 2.24) is 5.32 Å². The highest BCUT2D eigenvalue weighted by Crippen LogP contribution is 2.17. The Balaban J connectivity index is 3.44. The van der Waals surface area contributed by atoms with Crippen LogP contribution in [-0.2, 0) is 4.79 Å². The number of amides is 1. The first-order chi connectivity index (χ1) is 26.2. The molecule has 0 aromatic carbocycles. The van der Waals surface area contributed by atoms with Gasteiger partial charge in [0.2, 0.25) is 5.91 Å². The van der Waals surface area contributed by atoms with E-state index in [1.54, 1.807) is 6.08 Å². The smallest absolute Gasteiger partial charge is 0.220 e. The van der Waals surface area contributed by atoms with Crippen molar-refractivity contribution in [2.75, 3.05) is 6.61 Å². The van der Waals surface area contributed by atoms with Crippen molar-refractivity contribution >= 4 is 5.91 Å². The summed E-state index contributed by atoms with van der Waals surface area (Å²) in [4.78, 5) is 12.3. The Morgan fingerprint density at radius 1 is 0.434 bits per heavy atom. The molecule has 0 aromatic rings. The molecule has 0 bridgehead atoms. The van der Waals surface area contributed by atoms with E-state index < -0.39 is 12.1 Å². The van der Waals surface area contributed by atoms with Crippen molar-refractivity contribution in [3.63, 3.8) is 0 Å². The van der Waals surface area contributed by atoms with Crippen molar-refractivity contribution in [1.29, 1.82) is 0 Å². The van der Waals surface area contributed by atoms with Crippen molar-refractivity contribution in [3.8, 4) is 0 Å². The van der Waals surface area contributed by atoms with Gasteiger partial charge in [0.15, 0.2) is 0 Å². The SMILES string of the molecule is CCCCCCCCCCCCCCCCCCCCCCCCCCCC/C=C/CC/C=C/C(O)C(CO)NC(=O)CCCCCCCCCCC. The first-order valence-corrected chi connectivity index (χ1v) is 24.1. The lowest BCUT2D eigenvalue weighted by Crippen LogP contribution is -2.45. The highest BCUT2D eigenvalue weighted by atomic mass is 16.3. The molecule has 3 N–H and O–H groups in total. The van der Waals surface area contributed by atoms with E-state index in [0.717, 1.165) is 32.1 Å². The summed E-state index contributed by atoms with van der Waals surface area (Å²) < 4.78 is 0. The minimum atomic E-state index is -0.857. The zero-order chi connectivity index (χ0) is 38.6. The number of hydrogen-bond acceptors (Lipinski definition) is 3. The minimum absolute atomic E-state index is 0.0755. The number of nitrogens with one attached hydrogen (secondary N) is 1. The maximum atomic E-state index is 12.3. The molecule has 0 aliphatic rings. The van der Waals surface area contributed by atoms with Crippen LogP contribution in [0.25, 0.3) is 0 Å². The van der Waals surface area contributed by atoms with Gasteiger partial charge < -0.3 is 15.5 Å². The van der Waals surface area contributed by atoms with Crippen molar-refractivity contribution in [3.05, 3.63) is 24.3 Å². The fraction of sp³-hybridized carbons (Fsp3) is 0.898. The molecule has 0 saturated carbocycles. The van der Waals surface area contributed by atoms with E-state index in [1.807, 2.05) is 6.08 Å². The molecule has 0 saturated heterocycles. The number of carbonyl (C=O) groups excluding carboxylic acids is 1. The molecule has 53 heavy (non-hydrogen) atoms. The molecule has 0 radical (unpaired) electrons. The molecule has 4 nitrogen and oxygen atoms in total. The Kier molecular flexibility index (Phi) is 44.3. The summed E-state index contributed by atoms with van der Waals surface area (Å²) in [6.45, 7) is 4.29. The maximum absolute atomic E-state index is 12.3. The number of allylic oxidation sites excluding steroid dienone is 3. The van der Waals surface area contributed by atoms with E-state index in [2.05, 4.69) is 31.3 Å². The molecule has 0 rings (SSSR count). The van der Waals surface area contributed by atoms with Gasteiger partial charge in [-0.1, -0.05) is 250 Å². The van der Waals surface area contributed by atoms with Crippen LogP contribution in [0.4, 0.5) is 0 Å². The van der Waals surface area contributed by atoms with Gasteiger partial charge in [-0.2, -0.15) is 0 Å². The number of hydrogen-bond donors (Lipinski definition) is 3. The predicted octanol–water partition coefficient (Wildman–Crippen LogP) is 15.2. The lowest BCUT2D eigenvalue weighted by molar-refractivity contribution is -0.123. The van der Waals surface area contributed by atoms with E-state index in [0.29, 0.717) is 6.42 Å². The van der Waals surface area contributed by atoms with Gasteiger partial charge in [-0.05, 0) is 32.1 Å². The molecule has 0 aromatic heterocycles.